The molecule has 3 heteroatoms. The van der Waals surface area contributed by atoms with Gasteiger partial charge in [0.15, 0.2) is 5.76 Å². The summed E-state index contributed by atoms with van der Waals surface area (Å²) in [5, 5.41) is 0.943. The molecule has 0 N–H and O–H groups in total. The molecule has 3 nitrogen and oxygen atoms in total. The summed E-state index contributed by atoms with van der Waals surface area (Å²) in [6, 6.07) is 14.9. The van der Waals surface area contributed by atoms with Gasteiger partial charge in [-0.25, -0.2) is 0 Å². The zero-order chi connectivity index (χ0) is 12.8. The van der Waals surface area contributed by atoms with Crippen molar-refractivity contribution < 1.29 is 13.9 Å². The number of rotatable bonds is 0. The summed E-state index contributed by atoms with van der Waals surface area (Å²) in [7, 11) is 0. The number of ketones is 1. The van der Waals surface area contributed by atoms with Gasteiger partial charge >= 0.3 is 0 Å². The zero-order valence-electron chi connectivity index (χ0n) is 10.1. The second-order valence-corrected chi connectivity index (χ2v) is 4.52. The Labute approximate surface area is 109 Å². The molecule has 0 fully saturated rings. The quantitative estimate of drug-likeness (QED) is 0.612. The van der Waals surface area contributed by atoms with Crippen molar-refractivity contribution >= 4 is 16.8 Å². The number of carbonyl (C=O) groups excluding carboxylic acids is 1. The van der Waals surface area contributed by atoms with Gasteiger partial charge in [0.2, 0.25) is 5.78 Å². The van der Waals surface area contributed by atoms with Gasteiger partial charge in [-0.15, -0.1) is 0 Å². The van der Waals surface area contributed by atoms with Crippen molar-refractivity contribution in [1.82, 2.24) is 0 Å². The summed E-state index contributed by atoms with van der Waals surface area (Å²) < 4.78 is 11.4. The molecule has 0 spiro atoms. The summed E-state index contributed by atoms with van der Waals surface area (Å²) in [5.41, 5.74) is 2.11. The van der Waals surface area contributed by atoms with Crippen LogP contribution in [-0.2, 0) is 6.61 Å². The van der Waals surface area contributed by atoms with E-state index in [0.29, 0.717) is 23.7 Å². The molecule has 0 amide bonds. The third-order valence-corrected chi connectivity index (χ3v) is 3.41. The summed E-state index contributed by atoms with van der Waals surface area (Å²) in [5.74, 6) is 0.897. The molecule has 1 aromatic heterocycles. The van der Waals surface area contributed by atoms with Crippen LogP contribution in [0.5, 0.6) is 5.75 Å². The van der Waals surface area contributed by atoms with Crippen LogP contribution in [0.4, 0.5) is 0 Å². The summed E-state index contributed by atoms with van der Waals surface area (Å²) in [6.45, 7) is 0.356. The molecule has 0 radical (unpaired) electrons. The monoisotopic (exact) mass is 250 g/mol. The van der Waals surface area contributed by atoms with Gasteiger partial charge in [0.05, 0.1) is 5.56 Å². The first-order valence-corrected chi connectivity index (χ1v) is 6.11. The predicted octanol–water partition coefficient (Wildman–Crippen LogP) is 3.56. The molecule has 4 rings (SSSR count). The Morgan fingerprint density at radius 3 is 2.68 bits per heavy atom. The highest BCUT2D eigenvalue weighted by atomic mass is 16.5. The molecule has 0 bridgehead atoms. The van der Waals surface area contributed by atoms with Gasteiger partial charge in [-0.2, -0.15) is 0 Å². The Kier molecular flexibility index (Phi) is 2.03. The zero-order valence-corrected chi connectivity index (χ0v) is 10.1. The van der Waals surface area contributed by atoms with Crippen molar-refractivity contribution in [2.45, 2.75) is 6.61 Å². The molecule has 1 aliphatic heterocycles. The molecule has 0 aliphatic carbocycles. The first-order chi connectivity index (χ1) is 9.34. The second kappa shape index (κ2) is 3.72. The minimum Gasteiger partial charge on any atom is -0.488 e. The maximum atomic E-state index is 12.5. The number of carbonyl (C=O) groups is 1. The van der Waals surface area contributed by atoms with Gasteiger partial charge in [-0.1, -0.05) is 30.3 Å². The molecule has 2 heterocycles. The van der Waals surface area contributed by atoms with Crippen LogP contribution in [-0.4, -0.2) is 5.78 Å². The van der Waals surface area contributed by atoms with Crippen LogP contribution in [0.15, 0.2) is 52.9 Å². The first-order valence-electron chi connectivity index (χ1n) is 6.11. The fourth-order valence-electron chi connectivity index (χ4n) is 2.48. The van der Waals surface area contributed by atoms with Crippen molar-refractivity contribution in [3.8, 4) is 5.75 Å². The van der Waals surface area contributed by atoms with E-state index in [1.807, 2.05) is 36.4 Å². The first kappa shape index (κ1) is 10.4. The van der Waals surface area contributed by atoms with Crippen molar-refractivity contribution in [1.29, 1.82) is 0 Å². The van der Waals surface area contributed by atoms with Crippen LogP contribution >= 0.6 is 0 Å². The average molecular weight is 250 g/mol. The molecule has 0 unspecified atom stereocenters. The Morgan fingerprint density at radius 2 is 1.74 bits per heavy atom. The summed E-state index contributed by atoms with van der Waals surface area (Å²) in [4.78, 5) is 12.5. The van der Waals surface area contributed by atoms with Gasteiger partial charge in [-0.3, -0.25) is 4.79 Å². The normalized spacial score (nSPS) is 13.6. The third kappa shape index (κ3) is 1.41. The minimum atomic E-state index is -0.112. The lowest BCUT2D eigenvalue weighted by Gasteiger charge is -2.04. The lowest BCUT2D eigenvalue weighted by Crippen LogP contribution is -1.99. The highest BCUT2D eigenvalue weighted by Gasteiger charge is 2.27. The Balaban J connectivity index is 2.01. The number of ether oxygens (including phenoxy) is 1. The molecular formula is C16H10O3. The fraction of sp³-hybridized carbons (Fsp3) is 0.0625. The SMILES string of the molecule is O=C1c2ccccc2OCc2c1oc1ccccc21. The largest absolute Gasteiger partial charge is 0.488 e. The van der Waals surface area contributed by atoms with Crippen molar-refractivity contribution in [2.24, 2.45) is 0 Å². The molecule has 92 valence electrons. The Morgan fingerprint density at radius 1 is 0.947 bits per heavy atom. The van der Waals surface area contributed by atoms with E-state index in [2.05, 4.69) is 0 Å². The standard InChI is InChI=1S/C16H10O3/c17-15-11-6-2-3-7-13(11)18-9-12-10-5-1-4-8-14(10)19-16(12)15/h1-8H,9H2. The number of hydrogen-bond donors (Lipinski definition) is 0. The van der Waals surface area contributed by atoms with Crippen molar-refractivity contribution in [3.63, 3.8) is 0 Å². The number of hydrogen-bond acceptors (Lipinski definition) is 3. The number of para-hydroxylation sites is 2. The van der Waals surface area contributed by atoms with E-state index in [-0.39, 0.29) is 5.78 Å². The van der Waals surface area contributed by atoms with Gasteiger partial charge in [0.1, 0.15) is 17.9 Å². The van der Waals surface area contributed by atoms with Gasteiger partial charge in [0, 0.05) is 10.9 Å². The fourth-order valence-corrected chi connectivity index (χ4v) is 2.48. The number of benzene rings is 2. The van der Waals surface area contributed by atoms with E-state index >= 15 is 0 Å². The van der Waals surface area contributed by atoms with E-state index in [1.165, 1.54) is 0 Å². The van der Waals surface area contributed by atoms with Crippen molar-refractivity contribution in [3.05, 3.63) is 65.4 Å². The van der Waals surface area contributed by atoms with Gasteiger partial charge < -0.3 is 9.15 Å². The van der Waals surface area contributed by atoms with Crippen LogP contribution in [0.2, 0.25) is 0 Å². The van der Waals surface area contributed by atoms with Crippen LogP contribution in [0.25, 0.3) is 11.0 Å². The van der Waals surface area contributed by atoms with E-state index in [4.69, 9.17) is 9.15 Å². The van der Waals surface area contributed by atoms with Crippen molar-refractivity contribution in [2.75, 3.05) is 0 Å². The predicted molar refractivity (Wildman–Crippen MR) is 70.4 cm³/mol. The summed E-state index contributed by atoms with van der Waals surface area (Å²) in [6.07, 6.45) is 0. The highest BCUT2D eigenvalue weighted by Crippen LogP contribution is 2.33. The second-order valence-electron chi connectivity index (χ2n) is 4.52. The Hall–Kier alpha value is -2.55. The number of fused-ring (bicyclic) bond motifs is 4. The third-order valence-electron chi connectivity index (χ3n) is 3.41. The van der Waals surface area contributed by atoms with Crippen LogP contribution in [0.1, 0.15) is 21.7 Å². The molecule has 3 aromatic rings. The lowest BCUT2D eigenvalue weighted by atomic mass is 10.1. The molecule has 0 saturated heterocycles. The smallest absolute Gasteiger partial charge is 0.232 e. The molecule has 19 heavy (non-hydrogen) atoms. The minimum absolute atomic E-state index is 0.112. The van der Waals surface area contributed by atoms with Gasteiger partial charge in [-0.05, 0) is 18.2 Å². The summed E-state index contributed by atoms with van der Waals surface area (Å²) >= 11 is 0. The molecule has 0 saturated carbocycles. The van der Waals surface area contributed by atoms with E-state index < -0.39 is 0 Å². The average Bonchev–Trinajstić information content (AvgIpc) is 2.77. The Bertz CT molecular complexity index is 799. The lowest BCUT2D eigenvalue weighted by molar-refractivity contribution is 0.101. The maximum absolute atomic E-state index is 12.5. The maximum Gasteiger partial charge on any atom is 0.232 e. The van der Waals surface area contributed by atoms with E-state index in [9.17, 15) is 4.79 Å². The van der Waals surface area contributed by atoms with E-state index in [0.717, 1.165) is 16.5 Å². The molecule has 0 atom stereocenters. The topological polar surface area (TPSA) is 39.4 Å². The highest BCUT2D eigenvalue weighted by molar-refractivity contribution is 6.12. The molecular weight excluding hydrogens is 240 g/mol. The van der Waals surface area contributed by atoms with Gasteiger partial charge in [0.25, 0.3) is 0 Å². The molecule has 2 aromatic carbocycles. The van der Waals surface area contributed by atoms with Crippen LogP contribution in [0.3, 0.4) is 0 Å². The van der Waals surface area contributed by atoms with E-state index in [1.54, 1.807) is 12.1 Å². The molecule has 1 aliphatic rings. The van der Waals surface area contributed by atoms with Crippen LogP contribution < -0.4 is 4.74 Å². The van der Waals surface area contributed by atoms with Crippen LogP contribution in [0, 0.1) is 0 Å². The number of furan rings is 1.